The van der Waals surface area contributed by atoms with E-state index in [-0.39, 0.29) is 0 Å². The van der Waals surface area contributed by atoms with Gasteiger partial charge in [-0.15, -0.1) is 0 Å². The molecular weight excluding hydrogens is 529 g/mol. The first kappa shape index (κ1) is 23.4. The monoisotopic (exact) mass is 561 g/mol. The van der Waals surface area contributed by atoms with E-state index >= 15 is 0 Å². The van der Waals surface area contributed by atoms with Gasteiger partial charge in [-0.1, -0.05) is 0 Å². The average molecular weight is 561 g/mol. The van der Waals surface area contributed by atoms with Crippen molar-refractivity contribution in [3.05, 3.63) is 114 Å². The first-order chi connectivity index (χ1) is 18.5. The van der Waals surface area contributed by atoms with Crippen molar-refractivity contribution in [2.45, 2.75) is 24.7 Å². The standard InChI is InChI=1S/C34H31N3Se/c1-22-12-8-9-15-27(22)37(24-13-6-5-7-14-24)29-19-25-26-20-34-32(21-31(26)36(4)30(25)18-23(29)2)35(3)28-16-10-11-17-33(28)38-34/h5-21,28,33H,1-4H3. The molecule has 3 nitrogen and oxygen atoms in total. The second-order valence-corrected chi connectivity index (χ2v) is 13.0. The molecule has 0 spiro atoms. The quantitative estimate of drug-likeness (QED) is 0.212. The molecule has 0 bridgehead atoms. The average Bonchev–Trinajstić information content (AvgIpc) is 3.19. The number of rotatable bonds is 3. The van der Waals surface area contributed by atoms with Gasteiger partial charge in [-0.05, 0) is 0 Å². The molecule has 0 saturated carbocycles. The minimum absolute atomic E-state index is 0.398. The Morgan fingerprint density at radius 2 is 1.42 bits per heavy atom. The molecular formula is C34H31N3Se. The van der Waals surface area contributed by atoms with E-state index in [1.165, 1.54) is 60.1 Å². The van der Waals surface area contributed by atoms with E-state index in [1.54, 1.807) is 0 Å². The molecule has 2 heterocycles. The third kappa shape index (κ3) is 3.55. The Morgan fingerprint density at radius 3 is 2.24 bits per heavy atom. The summed E-state index contributed by atoms with van der Waals surface area (Å²) >= 11 is 0.398. The molecule has 0 amide bonds. The molecule has 1 aromatic heterocycles. The van der Waals surface area contributed by atoms with Crippen LogP contribution in [0.5, 0.6) is 0 Å². The van der Waals surface area contributed by atoms with Crippen LogP contribution in [0.15, 0.2) is 103 Å². The van der Waals surface area contributed by atoms with Crippen LogP contribution < -0.4 is 14.3 Å². The number of nitrogens with zero attached hydrogens (tertiary/aromatic N) is 3. The number of benzene rings is 4. The molecule has 2 aliphatic rings. The van der Waals surface area contributed by atoms with Gasteiger partial charge in [0.25, 0.3) is 0 Å². The van der Waals surface area contributed by atoms with Crippen molar-refractivity contribution in [2.24, 2.45) is 7.05 Å². The summed E-state index contributed by atoms with van der Waals surface area (Å²) in [4.78, 5) is 5.49. The van der Waals surface area contributed by atoms with Gasteiger partial charge < -0.3 is 0 Å². The van der Waals surface area contributed by atoms with Crippen LogP contribution in [0.3, 0.4) is 0 Å². The molecule has 4 aromatic carbocycles. The number of hydrogen-bond donors (Lipinski definition) is 0. The first-order valence-corrected chi connectivity index (χ1v) is 15.1. The van der Waals surface area contributed by atoms with Gasteiger partial charge >= 0.3 is 231 Å². The van der Waals surface area contributed by atoms with Crippen molar-refractivity contribution in [3.63, 3.8) is 0 Å². The fourth-order valence-electron chi connectivity index (χ4n) is 6.11. The molecule has 188 valence electrons. The van der Waals surface area contributed by atoms with E-state index in [9.17, 15) is 0 Å². The van der Waals surface area contributed by atoms with Crippen LogP contribution in [0.25, 0.3) is 21.8 Å². The van der Waals surface area contributed by atoms with Gasteiger partial charge in [0.05, 0.1) is 0 Å². The Morgan fingerprint density at radius 1 is 0.711 bits per heavy atom. The Hall–Kier alpha value is -3.72. The molecule has 0 fully saturated rings. The minimum atomic E-state index is 0.398. The zero-order valence-corrected chi connectivity index (χ0v) is 23.9. The number of fused-ring (bicyclic) bond motifs is 5. The summed E-state index contributed by atoms with van der Waals surface area (Å²) in [7, 11) is 4.47. The molecule has 2 atom stereocenters. The Bertz CT molecular complexity index is 1760. The van der Waals surface area contributed by atoms with E-state index in [2.05, 4.69) is 145 Å². The number of aromatic nitrogens is 1. The zero-order chi connectivity index (χ0) is 26.0. The fraction of sp³-hybridized carbons (Fsp3) is 0.176. The van der Waals surface area contributed by atoms with Crippen LogP contribution in [-0.2, 0) is 7.05 Å². The van der Waals surface area contributed by atoms with Crippen LogP contribution >= 0.6 is 0 Å². The third-order valence-corrected chi connectivity index (χ3v) is 10.9. The number of hydrogen-bond acceptors (Lipinski definition) is 2. The predicted octanol–water partition coefficient (Wildman–Crippen LogP) is 7.48. The summed E-state index contributed by atoms with van der Waals surface area (Å²) in [6.07, 6.45) is 9.18. The number of para-hydroxylation sites is 2. The zero-order valence-electron chi connectivity index (χ0n) is 22.2. The molecule has 1 aliphatic heterocycles. The Kier molecular flexibility index (Phi) is 5.51. The molecule has 2 unspecified atom stereocenters. The molecule has 0 radical (unpaired) electrons. The molecule has 0 saturated heterocycles. The predicted molar refractivity (Wildman–Crippen MR) is 164 cm³/mol. The Balaban J connectivity index is 1.46. The van der Waals surface area contributed by atoms with Crippen molar-refractivity contribution in [1.82, 2.24) is 4.57 Å². The van der Waals surface area contributed by atoms with Gasteiger partial charge in [0.1, 0.15) is 0 Å². The molecule has 1 aliphatic carbocycles. The molecule has 7 rings (SSSR count). The fourth-order valence-corrected chi connectivity index (χ4v) is 9.01. The van der Waals surface area contributed by atoms with Crippen molar-refractivity contribution in [3.8, 4) is 0 Å². The van der Waals surface area contributed by atoms with Crippen molar-refractivity contribution in [1.29, 1.82) is 0 Å². The van der Waals surface area contributed by atoms with E-state index in [1.807, 2.05) is 0 Å². The summed E-state index contributed by atoms with van der Waals surface area (Å²) < 4.78 is 3.88. The summed E-state index contributed by atoms with van der Waals surface area (Å²) in [5.41, 5.74) is 10.1. The third-order valence-electron chi connectivity index (χ3n) is 8.16. The maximum absolute atomic E-state index is 2.49. The second kappa shape index (κ2) is 8.94. The molecule has 4 heteroatoms. The van der Waals surface area contributed by atoms with Gasteiger partial charge in [-0.2, -0.15) is 0 Å². The summed E-state index contributed by atoms with van der Waals surface area (Å²) in [6.45, 7) is 4.44. The molecule has 0 N–H and O–H groups in total. The first-order valence-electron chi connectivity index (χ1n) is 13.2. The van der Waals surface area contributed by atoms with Gasteiger partial charge in [0.15, 0.2) is 0 Å². The summed E-state index contributed by atoms with van der Waals surface area (Å²) in [5, 5.41) is 2.67. The maximum atomic E-state index is 2.49. The summed E-state index contributed by atoms with van der Waals surface area (Å²) in [5.74, 6) is 0. The van der Waals surface area contributed by atoms with Crippen molar-refractivity contribution in [2.75, 3.05) is 16.8 Å². The Labute approximate surface area is 230 Å². The van der Waals surface area contributed by atoms with Crippen molar-refractivity contribution < 1.29 is 0 Å². The number of anilines is 4. The number of likely N-dealkylation sites (N-methyl/N-ethyl adjacent to an activating group) is 1. The van der Waals surface area contributed by atoms with Crippen molar-refractivity contribution >= 4 is 64.0 Å². The number of allylic oxidation sites excluding steroid dienone is 2. The molecule has 38 heavy (non-hydrogen) atoms. The number of aryl methyl sites for hydroxylation is 3. The van der Waals surface area contributed by atoms with Gasteiger partial charge in [0.2, 0.25) is 0 Å². The summed E-state index contributed by atoms with van der Waals surface area (Å²) in [6, 6.07) is 29.6. The van der Waals surface area contributed by atoms with Gasteiger partial charge in [-0.25, -0.2) is 0 Å². The van der Waals surface area contributed by atoms with Crippen LogP contribution in [0.2, 0.25) is 4.82 Å². The van der Waals surface area contributed by atoms with Gasteiger partial charge in [0, 0.05) is 0 Å². The van der Waals surface area contributed by atoms with Gasteiger partial charge in [-0.3, -0.25) is 0 Å². The topological polar surface area (TPSA) is 11.4 Å². The van der Waals surface area contributed by atoms with E-state index in [0.717, 1.165) is 0 Å². The molecule has 5 aromatic rings. The SMILES string of the molecule is Cc1ccccc1N(c1ccccc1)c1cc2c3cc4c(cc3n(C)c2cc1C)N(C)C1C=CC=CC1[Se]4. The van der Waals surface area contributed by atoms with Crippen LogP contribution in [-0.4, -0.2) is 32.6 Å². The van der Waals surface area contributed by atoms with Crippen LogP contribution in [0.1, 0.15) is 11.1 Å². The second-order valence-electron chi connectivity index (χ2n) is 10.5. The van der Waals surface area contributed by atoms with Crippen LogP contribution in [0, 0.1) is 13.8 Å². The van der Waals surface area contributed by atoms with E-state index in [0.29, 0.717) is 25.8 Å². The van der Waals surface area contributed by atoms with E-state index < -0.39 is 0 Å². The van der Waals surface area contributed by atoms with E-state index in [4.69, 9.17) is 0 Å². The van der Waals surface area contributed by atoms with Crippen LogP contribution in [0.4, 0.5) is 22.7 Å². The normalized spacial score (nSPS) is 18.2.